The summed E-state index contributed by atoms with van der Waals surface area (Å²) >= 11 is 1.12. The molecule has 6 heteroatoms. The minimum atomic E-state index is -0.405. The van der Waals surface area contributed by atoms with Crippen LogP contribution in [-0.4, -0.2) is 21.5 Å². The van der Waals surface area contributed by atoms with Gasteiger partial charge in [-0.2, -0.15) is 0 Å². The molecular weight excluding hydrogens is 291 g/mol. The van der Waals surface area contributed by atoms with Crippen molar-refractivity contribution >= 4 is 33.8 Å². The molecule has 0 spiro atoms. The summed E-state index contributed by atoms with van der Waals surface area (Å²) in [5, 5.41) is 2.32. The van der Waals surface area contributed by atoms with E-state index < -0.39 is 5.82 Å². The van der Waals surface area contributed by atoms with Crippen LogP contribution in [0.3, 0.4) is 0 Å². The Bertz CT molecular complexity index is 850. The van der Waals surface area contributed by atoms with Gasteiger partial charge in [0, 0.05) is 28.9 Å². The first kappa shape index (κ1) is 13.6. The zero-order valence-electron chi connectivity index (χ0n) is 11.1. The molecule has 0 aliphatic carbocycles. The molecule has 4 nitrogen and oxygen atoms in total. The number of rotatable bonds is 4. The molecule has 0 saturated heterocycles. The molecule has 21 heavy (non-hydrogen) atoms. The minimum absolute atomic E-state index is 0.102. The van der Waals surface area contributed by atoms with Gasteiger partial charge in [0.15, 0.2) is 10.8 Å². The molecule has 0 aliphatic heterocycles. The molecular formula is C15H11FN2O2S. The van der Waals surface area contributed by atoms with E-state index in [0.29, 0.717) is 28.6 Å². The van der Waals surface area contributed by atoms with Crippen molar-refractivity contribution in [3.8, 4) is 0 Å². The standard InChI is InChI=1S/C15H11FN2O2S/c1-2-13(19)12-7-21-15(18-12)14(20)10-6-17-11-4-3-8(16)5-9(10)11/h3-7,17H,2H2,1H3. The van der Waals surface area contributed by atoms with Crippen LogP contribution in [-0.2, 0) is 0 Å². The molecule has 0 bridgehead atoms. The summed E-state index contributed by atoms with van der Waals surface area (Å²) in [5.41, 5.74) is 1.34. The zero-order valence-corrected chi connectivity index (χ0v) is 12.0. The van der Waals surface area contributed by atoms with Gasteiger partial charge in [-0.05, 0) is 18.2 Å². The van der Waals surface area contributed by atoms with E-state index in [-0.39, 0.29) is 16.6 Å². The van der Waals surface area contributed by atoms with Crippen molar-refractivity contribution in [1.29, 1.82) is 0 Å². The fourth-order valence-electron chi connectivity index (χ4n) is 2.08. The summed E-state index contributed by atoms with van der Waals surface area (Å²) in [5.74, 6) is -0.820. The zero-order chi connectivity index (χ0) is 15.0. The van der Waals surface area contributed by atoms with Crippen LogP contribution in [0.25, 0.3) is 10.9 Å². The highest BCUT2D eigenvalue weighted by molar-refractivity contribution is 7.12. The van der Waals surface area contributed by atoms with Crippen LogP contribution in [0, 0.1) is 5.82 Å². The third kappa shape index (κ3) is 2.38. The Morgan fingerprint density at radius 1 is 1.38 bits per heavy atom. The molecule has 106 valence electrons. The third-order valence-corrected chi connectivity index (χ3v) is 4.03. The number of carbonyl (C=O) groups is 2. The molecule has 0 amide bonds. The fraction of sp³-hybridized carbons (Fsp3) is 0.133. The van der Waals surface area contributed by atoms with Crippen molar-refractivity contribution in [1.82, 2.24) is 9.97 Å². The highest BCUT2D eigenvalue weighted by atomic mass is 32.1. The van der Waals surface area contributed by atoms with Gasteiger partial charge in [0.05, 0.1) is 5.56 Å². The average Bonchev–Trinajstić information content (AvgIpc) is 3.12. The van der Waals surface area contributed by atoms with Crippen LogP contribution in [0.5, 0.6) is 0 Å². The maximum atomic E-state index is 13.3. The highest BCUT2D eigenvalue weighted by Gasteiger charge is 2.19. The molecule has 0 atom stereocenters. The lowest BCUT2D eigenvalue weighted by molar-refractivity contribution is 0.0984. The van der Waals surface area contributed by atoms with Crippen LogP contribution in [0.2, 0.25) is 0 Å². The number of thiazole rings is 1. The number of carbonyl (C=O) groups excluding carboxylic acids is 2. The number of aromatic nitrogens is 2. The van der Waals surface area contributed by atoms with Crippen molar-refractivity contribution in [2.45, 2.75) is 13.3 Å². The maximum absolute atomic E-state index is 13.3. The summed E-state index contributed by atoms with van der Waals surface area (Å²) < 4.78 is 13.3. The summed E-state index contributed by atoms with van der Waals surface area (Å²) in [7, 11) is 0. The number of hydrogen-bond donors (Lipinski definition) is 1. The Labute approximate surface area is 123 Å². The van der Waals surface area contributed by atoms with Crippen molar-refractivity contribution < 1.29 is 14.0 Å². The number of nitrogens with one attached hydrogen (secondary N) is 1. The summed E-state index contributed by atoms with van der Waals surface area (Å²) in [6, 6.07) is 4.22. The van der Waals surface area contributed by atoms with Gasteiger partial charge in [0.25, 0.3) is 0 Å². The SMILES string of the molecule is CCC(=O)c1csc(C(=O)c2c[nH]c3ccc(F)cc23)n1. The second-order valence-corrected chi connectivity index (χ2v) is 5.39. The second-order valence-electron chi connectivity index (χ2n) is 4.54. The first-order chi connectivity index (χ1) is 10.1. The first-order valence-electron chi connectivity index (χ1n) is 6.40. The number of fused-ring (bicyclic) bond motifs is 1. The van der Waals surface area contributed by atoms with E-state index in [9.17, 15) is 14.0 Å². The van der Waals surface area contributed by atoms with Gasteiger partial charge in [-0.15, -0.1) is 11.3 Å². The second kappa shape index (κ2) is 5.21. The van der Waals surface area contributed by atoms with E-state index in [4.69, 9.17) is 0 Å². The van der Waals surface area contributed by atoms with Gasteiger partial charge in [-0.3, -0.25) is 9.59 Å². The molecule has 1 N–H and O–H groups in total. The van der Waals surface area contributed by atoms with Crippen LogP contribution < -0.4 is 0 Å². The molecule has 2 aromatic heterocycles. The van der Waals surface area contributed by atoms with E-state index in [2.05, 4.69) is 9.97 Å². The Balaban J connectivity index is 2.02. The minimum Gasteiger partial charge on any atom is -0.360 e. The summed E-state index contributed by atoms with van der Waals surface area (Å²) in [4.78, 5) is 31.0. The predicted molar refractivity (Wildman–Crippen MR) is 78.4 cm³/mol. The number of Topliss-reactive ketones (excluding diaryl/α,β-unsaturated/α-hetero) is 1. The first-order valence-corrected chi connectivity index (χ1v) is 7.28. The number of aromatic amines is 1. The van der Waals surface area contributed by atoms with Crippen LogP contribution in [0.1, 0.15) is 39.2 Å². The Hall–Kier alpha value is -2.34. The van der Waals surface area contributed by atoms with Crippen molar-refractivity contribution in [2.24, 2.45) is 0 Å². The normalized spacial score (nSPS) is 11.0. The van der Waals surface area contributed by atoms with Crippen molar-refractivity contribution in [3.63, 3.8) is 0 Å². The van der Waals surface area contributed by atoms with Crippen LogP contribution in [0.4, 0.5) is 4.39 Å². The number of H-pyrrole nitrogens is 1. The quantitative estimate of drug-likeness (QED) is 0.749. The molecule has 0 saturated carbocycles. The number of halogens is 1. The topological polar surface area (TPSA) is 62.8 Å². The molecule has 3 aromatic rings. The van der Waals surface area contributed by atoms with Gasteiger partial charge in [0.1, 0.15) is 11.5 Å². The lowest BCUT2D eigenvalue weighted by Crippen LogP contribution is -2.02. The van der Waals surface area contributed by atoms with Gasteiger partial charge in [-0.1, -0.05) is 6.92 Å². The molecule has 2 heterocycles. The van der Waals surface area contributed by atoms with E-state index >= 15 is 0 Å². The fourth-order valence-corrected chi connectivity index (χ4v) is 2.86. The molecule has 0 unspecified atom stereocenters. The molecule has 3 rings (SSSR count). The molecule has 0 aliphatic rings. The molecule has 0 fully saturated rings. The largest absolute Gasteiger partial charge is 0.360 e. The summed E-state index contributed by atoms with van der Waals surface area (Å²) in [6.45, 7) is 1.74. The maximum Gasteiger partial charge on any atom is 0.223 e. The van der Waals surface area contributed by atoms with Crippen molar-refractivity contribution in [3.05, 3.63) is 51.9 Å². The van der Waals surface area contributed by atoms with Gasteiger partial charge in [0.2, 0.25) is 5.78 Å². The number of hydrogen-bond acceptors (Lipinski definition) is 4. The molecule has 1 aromatic carbocycles. The van der Waals surface area contributed by atoms with E-state index in [0.717, 1.165) is 11.3 Å². The Morgan fingerprint density at radius 2 is 2.19 bits per heavy atom. The van der Waals surface area contributed by atoms with Gasteiger partial charge in [-0.25, -0.2) is 9.37 Å². The Morgan fingerprint density at radius 3 is 2.95 bits per heavy atom. The van der Waals surface area contributed by atoms with E-state index in [1.165, 1.54) is 18.3 Å². The van der Waals surface area contributed by atoms with Gasteiger partial charge >= 0.3 is 0 Å². The van der Waals surface area contributed by atoms with E-state index in [1.54, 1.807) is 18.4 Å². The third-order valence-electron chi connectivity index (χ3n) is 3.19. The number of ketones is 2. The number of nitrogens with zero attached hydrogens (tertiary/aromatic N) is 1. The summed E-state index contributed by atoms with van der Waals surface area (Å²) in [6.07, 6.45) is 1.88. The van der Waals surface area contributed by atoms with E-state index in [1.807, 2.05) is 0 Å². The average molecular weight is 302 g/mol. The van der Waals surface area contributed by atoms with Crippen LogP contribution >= 0.6 is 11.3 Å². The Kier molecular flexibility index (Phi) is 3.39. The van der Waals surface area contributed by atoms with Gasteiger partial charge < -0.3 is 4.98 Å². The van der Waals surface area contributed by atoms with Crippen LogP contribution in [0.15, 0.2) is 29.8 Å². The highest BCUT2D eigenvalue weighted by Crippen LogP contribution is 2.23. The predicted octanol–water partition coefficient (Wildman–Crippen LogP) is 3.59. The lowest BCUT2D eigenvalue weighted by Gasteiger charge is -1.96. The smallest absolute Gasteiger partial charge is 0.223 e. The lowest BCUT2D eigenvalue weighted by atomic mass is 10.1. The molecule has 0 radical (unpaired) electrons. The monoisotopic (exact) mass is 302 g/mol. The number of benzene rings is 1. The van der Waals surface area contributed by atoms with Crippen molar-refractivity contribution in [2.75, 3.05) is 0 Å².